The molecule has 0 spiro atoms. The molecule has 1 atom stereocenters. The number of thiophene rings is 1. The zero-order valence-electron chi connectivity index (χ0n) is 11.7. The van der Waals surface area contributed by atoms with Gasteiger partial charge in [-0.15, -0.1) is 11.3 Å². The molecule has 0 aliphatic carbocycles. The Kier molecular flexibility index (Phi) is 4.90. The Morgan fingerprint density at radius 3 is 2.89 bits per heavy atom. The average Bonchev–Trinajstić information content (AvgIpc) is 2.96. The average molecular weight is 297 g/mol. The summed E-state index contributed by atoms with van der Waals surface area (Å²) in [6.07, 6.45) is 1.10. The number of ether oxygens (including phenoxy) is 1. The van der Waals surface area contributed by atoms with Crippen LogP contribution in [0.5, 0.6) is 0 Å². The second-order valence-electron chi connectivity index (χ2n) is 4.42. The van der Waals surface area contributed by atoms with Crippen LogP contribution < -0.4 is 5.32 Å². The Balaban J connectivity index is 2.04. The van der Waals surface area contributed by atoms with Gasteiger partial charge in [0.05, 0.1) is 6.04 Å². The van der Waals surface area contributed by atoms with Gasteiger partial charge in [-0.3, -0.25) is 0 Å². The van der Waals surface area contributed by atoms with Gasteiger partial charge in [0, 0.05) is 28.4 Å². The second kappa shape index (κ2) is 6.45. The van der Waals surface area contributed by atoms with Crippen LogP contribution in [-0.4, -0.2) is 16.5 Å². The normalized spacial score (nSPS) is 12.6. The minimum absolute atomic E-state index is 0.257. The lowest BCUT2D eigenvalue weighted by Crippen LogP contribution is -2.04. The molecule has 0 saturated heterocycles. The monoisotopic (exact) mass is 297 g/mol. The molecule has 2 rings (SSSR count). The van der Waals surface area contributed by atoms with E-state index in [0.29, 0.717) is 6.61 Å². The Morgan fingerprint density at radius 2 is 2.26 bits per heavy atom. The predicted molar refractivity (Wildman–Crippen MR) is 81.1 cm³/mol. The molecule has 2 aromatic heterocycles. The topological polar surface area (TPSA) is 47.0 Å². The van der Waals surface area contributed by atoms with Gasteiger partial charge in [-0.05, 0) is 31.9 Å². The van der Waals surface area contributed by atoms with Gasteiger partial charge in [0.15, 0.2) is 5.82 Å². The summed E-state index contributed by atoms with van der Waals surface area (Å²) >= 11 is 3.25. The summed E-state index contributed by atoms with van der Waals surface area (Å²) in [4.78, 5) is 7.20. The first-order chi connectivity index (χ1) is 9.13. The van der Waals surface area contributed by atoms with Crippen molar-refractivity contribution in [3.05, 3.63) is 27.2 Å². The largest absolute Gasteiger partial charge is 0.377 e. The fraction of sp³-hybridized carbons (Fsp3) is 0.538. The number of anilines is 1. The van der Waals surface area contributed by atoms with Crippen LogP contribution in [0, 0.1) is 6.92 Å². The summed E-state index contributed by atoms with van der Waals surface area (Å²) in [5.74, 6) is 0.735. The van der Waals surface area contributed by atoms with Crippen molar-refractivity contribution in [3.63, 3.8) is 0 Å². The fourth-order valence-electron chi connectivity index (χ4n) is 1.87. The lowest BCUT2D eigenvalue weighted by atomic mass is 10.2. The zero-order chi connectivity index (χ0) is 13.8. The van der Waals surface area contributed by atoms with Gasteiger partial charge < -0.3 is 10.1 Å². The van der Waals surface area contributed by atoms with E-state index in [1.54, 1.807) is 7.11 Å². The third-order valence-corrected chi connectivity index (χ3v) is 5.12. The molecule has 6 heteroatoms. The molecule has 2 heterocycles. The van der Waals surface area contributed by atoms with E-state index >= 15 is 0 Å². The first-order valence-corrected chi connectivity index (χ1v) is 7.90. The summed E-state index contributed by atoms with van der Waals surface area (Å²) in [5.41, 5.74) is 1.38. The van der Waals surface area contributed by atoms with E-state index in [4.69, 9.17) is 4.74 Å². The van der Waals surface area contributed by atoms with Gasteiger partial charge in [-0.1, -0.05) is 6.92 Å². The molecule has 0 radical (unpaired) electrons. The maximum Gasteiger partial charge on any atom is 0.203 e. The Labute approximate surface area is 122 Å². The number of nitrogens with zero attached hydrogens (tertiary/aromatic N) is 2. The number of methoxy groups -OCH3 is 1. The second-order valence-corrected chi connectivity index (χ2v) is 6.34. The first-order valence-electron chi connectivity index (χ1n) is 6.31. The Morgan fingerprint density at radius 1 is 1.47 bits per heavy atom. The highest BCUT2D eigenvalue weighted by Gasteiger charge is 2.13. The van der Waals surface area contributed by atoms with Crippen molar-refractivity contribution in [2.24, 2.45) is 0 Å². The molecular formula is C13H19N3OS2. The number of hydrogen-bond donors (Lipinski definition) is 1. The van der Waals surface area contributed by atoms with Crippen molar-refractivity contribution in [1.29, 1.82) is 0 Å². The highest BCUT2D eigenvalue weighted by atomic mass is 32.1. The summed E-state index contributed by atoms with van der Waals surface area (Å²) in [6, 6.07) is 2.52. The molecule has 0 fully saturated rings. The minimum atomic E-state index is 0.257. The van der Waals surface area contributed by atoms with Crippen molar-refractivity contribution in [1.82, 2.24) is 9.36 Å². The maximum atomic E-state index is 5.02. The van der Waals surface area contributed by atoms with Crippen LogP contribution in [0.25, 0.3) is 0 Å². The summed E-state index contributed by atoms with van der Waals surface area (Å²) in [7, 11) is 1.65. The van der Waals surface area contributed by atoms with Gasteiger partial charge >= 0.3 is 0 Å². The van der Waals surface area contributed by atoms with E-state index in [1.807, 2.05) is 11.3 Å². The summed E-state index contributed by atoms with van der Waals surface area (Å²) < 4.78 is 9.26. The molecule has 0 amide bonds. The van der Waals surface area contributed by atoms with E-state index in [2.05, 4.69) is 41.5 Å². The van der Waals surface area contributed by atoms with Crippen molar-refractivity contribution in [2.75, 3.05) is 12.4 Å². The number of aryl methyl sites for hydroxylation is 2. The van der Waals surface area contributed by atoms with E-state index in [1.165, 1.54) is 26.9 Å². The van der Waals surface area contributed by atoms with Crippen molar-refractivity contribution < 1.29 is 4.74 Å². The van der Waals surface area contributed by atoms with Crippen LogP contribution in [0.2, 0.25) is 0 Å². The van der Waals surface area contributed by atoms with Gasteiger partial charge in [-0.2, -0.15) is 4.37 Å². The van der Waals surface area contributed by atoms with Gasteiger partial charge in [0.2, 0.25) is 5.13 Å². The molecule has 2 aromatic rings. The molecule has 1 unspecified atom stereocenters. The molecule has 0 bridgehead atoms. The fourth-order valence-corrected chi connectivity index (χ4v) is 3.65. The molecule has 19 heavy (non-hydrogen) atoms. The highest BCUT2D eigenvalue weighted by Crippen LogP contribution is 2.29. The smallest absolute Gasteiger partial charge is 0.203 e. The highest BCUT2D eigenvalue weighted by molar-refractivity contribution is 7.12. The quantitative estimate of drug-likeness (QED) is 0.881. The standard InChI is InChI=1S/C13H19N3OS2/c1-5-10-8(2)6-11(18-10)9(3)14-13-15-12(7-17-4)16-19-13/h6,9H,5,7H2,1-4H3,(H,14,15,16). The predicted octanol–water partition coefficient (Wildman–Crippen LogP) is 3.79. The van der Waals surface area contributed by atoms with E-state index in [0.717, 1.165) is 17.4 Å². The van der Waals surface area contributed by atoms with Crippen LogP contribution in [0.1, 0.15) is 41.0 Å². The van der Waals surface area contributed by atoms with Gasteiger partial charge in [-0.25, -0.2) is 4.98 Å². The first kappa shape index (κ1) is 14.4. The molecule has 0 aromatic carbocycles. The molecule has 0 aliphatic rings. The lowest BCUT2D eigenvalue weighted by molar-refractivity contribution is 0.179. The number of nitrogens with one attached hydrogen (secondary N) is 1. The van der Waals surface area contributed by atoms with Crippen LogP contribution in [0.4, 0.5) is 5.13 Å². The maximum absolute atomic E-state index is 5.02. The number of aromatic nitrogens is 2. The molecular weight excluding hydrogens is 278 g/mol. The third kappa shape index (κ3) is 3.52. The van der Waals surface area contributed by atoms with Crippen molar-refractivity contribution in [3.8, 4) is 0 Å². The van der Waals surface area contributed by atoms with Crippen molar-refractivity contribution >= 4 is 28.0 Å². The van der Waals surface area contributed by atoms with Crippen LogP contribution in [0.3, 0.4) is 0 Å². The van der Waals surface area contributed by atoms with E-state index < -0.39 is 0 Å². The molecule has 4 nitrogen and oxygen atoms in total. The zero-order valence-corrected chi connectivity index (χ0v) is 13.3. The Bertz CT molecular complexity index is 536. The molecule has 0 aliphatic heterocycles. The number of hydrogen-bond acceptors (Lipinski definition) is 6. The van der Waals surface area contributed by atoms with Crippen LogP contribution >= 0.6 is 22.9 Å². The summed E-state index contributed by atoms with van der Waals surface area (Å²) in [5, 5.41) is 4.25. The molecule has 104 valence electrons. The van der Waals surface area contributed by atoms with Crippen molar-refractivity contribution in [2.45, 2.75) is 39.8 Å². The van der Waals surface area contributed by atoms with Crippen LogP contribution in [-0.2, 0) is 17.8 Å². The SMILES string of the molecule is CCc1sc(C(C)Nc2nc(COC)ns2)cc1C. The Hall–Kier alpha value is -0.980. The van der Waals surface area contributed by atoms with E-state index in [9.17, 15) is 0 Å². The third-order valence-electron chi connectivity index (χ3n) is 2.87. The number of rotatable bonds is 6. The summed E-state index contributed by atoms with van der Waals surface area (Å²) in [6.45, 7) is 6.99. The van der Waals surface area contributed by atoms with Gasteiger partial charge in [0.25, 0.3) is 0 Å². The van der Waals surface area contributed by atoms with Gasteiger partial charge in [0.1, 0.15) is 6.61 Å². The van der Waals surface area contributed by atoms with E-state index in [-0.39, 0.29) is 6.04 Å². The lowest BCUT2D eigenvalue weighted by Gasteiger charge is -2.09. The van der Waals surface area contributed by atoms with Crippen LogP contribution in [0.15, 0.2) is 6.07 Å². The molecule has 0 saturated carbocycles. The minimum Gasteiger partial charge on any atom is -0.377 e. The molecule has 1 N–H and O–H groups in total.